The van der Waals surface area contributed by atoms with Crippen LogP contribution in [-0.4, -0.2) is 60.6 Å². The van der Waals surface area contributed by atoms with Crippen LogP contribution in [0.15, 0.2) is 0 Å². The Hall–Kier alpha value is 0.439. The Kier molecular flexibility index (Phi) is 47.1. The fraction of sp³-hybridized carbons (Fsp3) is 0.833. The Balaban J connectivity index is -0.000000185. The summed E-state index contributed by atoms with van der Waals surface area (Å²) in [5.74, 6) is -0.819. The summed E-state index contributed by atoms with van der Waals surface area (Å²) in [5.41, 5.74) is 0. The fourth-order valence-corrected chi connectivity index (χ4v) is 2.39. The van der Waals surface area contributed by atoms with E-state index in [9.17, 15) is 9.59 Å². The second-order valence-electron chi connectivity index (χ2n) is 6.97. The van der Waals surface area contributed by atoms with E-state index in [2.05, 4.69) is 53.0 Å². The minimum atomic E-state index is -0.387. The van der Waals surface area contributed by atoms with Gasteiger partial charge in [0.25, 0.3) is 11.9 Å². The summed E-state index contributed by atoms with van der Waals surface area (Å²) in [6.07, 6.45) is 17.3. The summed E-state index contributed by atoms with van der Waals surface area (Å²) in [6.45, 7) is 12.7. The van der Waals surface area contributed by atoms with Crippen LogP contribution in [0.1, 0.15) is 104 Å². The summed E-state index contributed by atoms with van der Waals surface area (Å²) < 4.78 is 9.44. The molecule has 7 heteroatoms. The van der Waals surface area contributed by atoms with E-state index in [0.717, 1.165) is 12.8 Å². The Morgan fingerprint density at radius 1 is 0.613 bits per heavy atom. The maximum atomic E-state index is 10.6. The van der Waals surface area contributed by atoms with Crippen molar-refractivity contribution in [1.82, 2.24) is 0 Å². The van der Waals surface area contributed by atoms with Crippen LogP contribution in [0.4, 0.5) is 0 Å². The number of ether oxygens (including phenoxy) is 2. The van der Waals surface area contributed by atoms with E-state index >= 15 is 0 Å². The average Bonchev–Trinajstić information content (AvgIpc) is 2.77. The van der Waals surface area contributed by atoms with E-state index in [1.54, 1.807) is 0 Å². The minimum absolute atomic E-state index is 0. The summed E-state index contributed by atoms with van der Waals surface area (Å²) in [5, 5.41) is 0. The van der Waals surface area contributed by atoms with Crippen LogP contribution in [0.5, 0.6) is 0 Å². The zero-order valence-electron chi connectivity index (χ0n) is 20.1. The van der Waals surface area contributed by atoms with Gasteiger partial charge >= 0.3 is 23.9 Å². The Bertz CT molecular complexity index is 302. The molecule has 0 fully saturated rings. The molecule has 4 nitrogen and oxygen atoms in total. The molecule has 0 aromatic heterocycles. The van der Waals surface area contributed by atoms with Crippen LogP contribution < -0.4 is 0 Å². The monoisotopic (exact) mass is 582 g/mol. The van der Waals surface area contributed by atoms with Gasteiger partial charge in [0.1, 0.15) is 0 Å². The zero-order valence-corrected chi connectivity index (χ0v) is 24.6. The third kappa shape index (κ3) is 44.8. The van der Waals surface area contributed by atoms with Gasteiger partial charge in [0, 0.05) is 0 Å². The molecular formula is C24H46O4S2Sn. The van der Waals surface area contributed by atoms with Crippen molar-refractivity contribution in [3.05, 3.63) is 13.8 Å². The zero-order chi connectivity index (χ0) is 23.3. The number of hydrogen-bond donors (Lipinski definition) is 0. The maximum absolute atomic E-state index is 10.6. The van der Waals surface area contributed by atoms with Crippen molar-refractivity contribution in [3.63, 3.8) is 0 Å². The van der Waals surface area contributed by atoms with E-state index in [1.807, 2.05) is 0 Å². The number of carbonyl (C=O) groups is 2. The third-order valence-electron chi connectivity index (χ3n) is 4.01. The number of rotatable bonds is 17. The summed E-state index contributed by atoms with van der Waals surface area (Å²) in [6, 6.07) is 0. The predicted octanol–water partition coefficient (Wildman–Crippen LogP) is 5.93. The molecule has 0 aromatic rings. The van der Waals surface area contributed by atoms with Crippen LogP contribution in [0, 0.1) is 13.8 Å². The topological polar surface area (TPSA) is 52.6 Å². The molecule has 0 unspecified atom stereocenters. The number of esters is 2. The van der Waals surface area contributed by atoms with E-state index in [4.69, 9.17) is 9.47 Å². The summed E-state index contributed by atoms with van der Waals surface area (Å²) >= 11 is 8.94. The van der Waals surface area contributed by atoms with Crippen molar-refractivity contribution in [2.45, 2.75) is 104 Å². The van der Waals surface area contributed by atoms with E-state index in [0.29, 0.717) is 26.1 Å². The SMILES string of the molecule is O=C(C[S-])OCCCCOC(=O)C[S-].[CH2]CCCCCCC.[CH2]CCCCCCC.[Sn+2]. The van der Waals surface area contributed by atoms with Crippen LogP contribution in [0.3, 0.4) is 0 Å². The Morgan fingerprint density at radius 3 is 1.19 bits per heavy atom. The predicted molar refractivity (Wildman–Crippen MR) is 139 cm³/mol. The molecule has 31 heavy (non-hydrogen) atoms. The minimum Gasteiger partial charge on any atom is -0.782 e. The van der Waals surface area contributed by atoms with Crippen molar-refractivity contribution < 1.29 is 19.1 Å². The second-order valence-corrected chi connectivity index (χ2v) is 7.55. The Labute approximate surface area is 221 Å². The van der Waals surface area contributed by atoms with Gasteiger partial charge in [-0.2, -0.15) is 0 Å². The molecular weight excluding hydrogens is 535 g/mol. The molecule has 0 atom stereocenters. The molecule has 0 bridgehead atoms. The quantitative estimate of drug-likeness (QED) is 0.0920. The molecule has 0 saturated carbocycles. The van der Waals surface area contributed by atoms with Gasteiger partial charge < -0.3 is 34.7 Å². The molecule has 0 rings (SSSR count). The van der Waals surface area contributed by atoms with E-state index < -0.39 is 0 Å². The second kappa shape index (κ2) is 37.7. The first-order chi connectivity index (χ1) is 14.5. The van der Waals surface area contributed by atoms with Gasteiger partial charge in [0.2, 0.25) is 0 Å². The van der Waals surface area contributed by atoms with Crippen molar-refractivity contribution in [3.8, 4) is 0 Å². The number of hydrogen-bond acceptors (Lipinski definition) is 6. The Morgan fingerprint density at radius 2 is 0.935 bits per heavy atom. The smallest absolute Gasteiger partial charge is 0.782 e. The molecule has 0 aliphatic carbocycles. The van der Waals surface area contributed by atoms with Crippen molar-refractivity contribution in [1.29, 1.82) is 0 Å². The van der Waals surface area contributed by atoms with E-state index in [-0.39, 0.29) is 47.4 Å². The largest absolute Gasteiger partial charge is 2.00 e. The summed E-state index contributed by atoms with van der Waals surface area (Å²) in [7, 11) is 0. The maximum Gasteiger partial charge on any atom is 2.00 e. The van der Waals surface area contributed by atoms with Crippen LogP contribution in [-0.2, 0) is 44.3 Å². The van der Waals surface area contributed by atoms with Gasteiger partial charge in [-0.3, -0.25) is 9.59 Å². The molecule has 0 aliphatic heterocycles. The molecule has 0 spiro atoms. The third-order valence-corrected chi connectivity index (χ3v) is 4.48. The van der Waals surface area contributed by atoms with Crippen LogP contribution in [0.2, 0.25) is 0 Å². The van der Waals surface area contributed by atoms with E-state index in [1.165, 1.54) is 64.2 Å². The molecule has 0 saturated heterocycles. The number of unbranched alkanes of at least 4 members (excludes halogenated alkanes) is 11. The first-order valence-electron chi connectivity index (χ1n) is 11.6. The average molecular weight is 581 g/mol. The molecule has 0 aromatic carbocycles. The van der Waals surface area contributed by atoms with Gasteiger partial charge in [-0.05, 0) is 12.8 Å². The molecule has 0 amide bonds. The number of carbonyl (C=O) groups excluding carboxylic acids is 2. The molecule has 0 heterocycles. The van der Waals surface area contributed by atoms with Crippen LogP contribution >= 0.6 is 0 Å². The van der Waals surface area contributed by atoms with Gasteiger partial charge in [0.05, 0.1) is 13.2 Å². The first kappa shape index (κ1) is 38.7. The van der Waals surface area contributed by atoms with Crippen molar-refractivity contribution >= 4 is 61.1 Å². The van der Waals surface area contributed by atoms with Crippen LogP contribution in [0.25, 0.3) is 0 Å². The first-order valence-corrected chi connectivity index (χ1v) is 12.7. The normalized spacial score (nSPS) is 9.35. The molecule has 0 N–H and O–H groups in total. The standard InChI is InChI=1S/C8H14O4S2.2C8H17.Sn/c9-7(5-13)11-3-1-2-4-12-8(10)6-14;2*1-3-5-7-8-6-4-2;/h13-14H,1-6H2;2*1,3-8H2,2H3;/q;;;+2/p-2. The summed E-state index contributed by atoms with van der Waals surface area (Å²) in [4.78, 5) is 21.1. The fourth-order valence-electron chi connectivity index (χ4n) is 2.22. The van der Waals surface area contributed by atoms with Crippen molar-refractivity contribution in [2.24, 2.45) is 0 Å². The van der Waals surface area contributed by atoms with Crippen molar-refractivity contribution in [2.75, 3.05) is 24.7 Å². The molecule has 182 valence electrons. The van der Waals surface area contributed by atoms with Gasteiger partial charge in [0.15, 0.2) is 0 Å². The van der Waals surface area contributed by atoms with Gasteiger partial charge in [-0.1, -0.05) is 116 Å². The molecule has 4 radical (unpaired) electrons. The van der Waals surface area contributed by atoms with Gasteiger partial charge in [-0.25, -0.2) is 0 Å². The van der Waals surface area contributed by atoms with Gasteiger partial charge in [-0.15, -0.1) is 0 Å². The molecule has 0 aliphatic rings.